The lowest BCUT2D eigenvalue weighted by atomic mass is 9.86. The van der Waals surface area contributed by atoms with Crippen molar-refractivity contribution >= 4 is 11.7 Å². The van der Waals surface area contributed by atoms with Crippen LogP contribution < -0.4 is 5.32 Å². The molecule has 1 unspecified atom stereocenters. The number of nitrogens with zero attached hydrogens (tertiary/aromatic N) is 4. The van der Waals surface area contributed by atoms with Crippen molar-refractivity contribution in [1.29, 1.82) is 0 Å². The fraction of sp³-hybridized carbons (Fsp3) is 0.640. The molecule has 2 fully saturated rings. The Balaban J connectivity index is 1.33. The average Bonchev–Trinajstić information content (AvgIpc) is 3.06. The summed E-state index contributed by atoms with van der Waals surface area (Å²) in [6.45, 7) is 7.93. The fourth-order valence-electron chi connectivity index (χ4n) is 5.08. The third-order valence-corrected chi connectivity index (χ3v) is 6.72. The Bertz CT molecular complexity index is 845. The topological polar surface area (TPSA) is 74.5 Å². The van der Waals surface area contributed by atoms with E-state index in [2.05, 4.69) is 39.1 Å². The number of anilines is 1. The van der Waals surface area contributed by atoms with Gasteiger partial charge in [0.1, 0.15) is 0 Å². The van der Waals surface area contributed by atoms with Gasteiger partial charge in [0.05, 0.1) is 6.54 Å². The predicted molar refractivity (Wildman–Crippen MR) is 125 cm³/mol. The van der Waals surface area contributed by atoms with Gasteiger partial charge >= 0.3 is 6.03 Å². The Labute approximate surface area is 191 Å². The van der Waals surface area contributed by atoms with Gasteiger partial charge in [-0.1, -0.05) is 50.0 Å². The molecular weight excluding hydrogens is 402 g/mol. The number of rotatable bonds is 6. The Morgan fingerprint density at radius 3 is 2.62 bits per heavy atom. The maximum atomic E-state index is 13.1. The van der Waals surface area contributed by atoms with E-state index in [1.165, 1.54) is 12.8 Å². The van der Waals surface area contributed by atoms with Crippen molar-refractivity contribution < 1.29 is 9.32 Å². The van der Waals surface area contributed by atoms with Crippen LogP contribution in [-0.2, 0) is 13.0 Å². The van der Waals surface area contributed by atoms with Gasteiger partial charge in [0, 0.05) is 24.7 Å². The van der Waals surface area contributed by atoms with Gasteiger partial charge in [-0.05, 0) is 62.7 Å². The van der Waals surface area contributed by atoms with E-state index >= 15 is 0 Å². The molecule has 1 N–H and O–H groups in total. The first-order chi connectivity index (χ1) is 15.6. The van der Waals surface area contributed by atoms with E-state index in [1.54, 1.807) is 0 Å². The molecule has 0 bridgehead atoms. The van der Waals surface area contributed by atoms with E-state index < -0.39 is 0 Å². The van der Waals surface area contributed by atoms with Gasteiger partial charge < -0.3 is 14.7 Å². The lowest BCUT2D eigenvalue weighted by molar-refractivity contribution is 0.0974. The highest BCUT2D eigenvalue weighted by atomic mass is 16.5. The minimum Gasteiger partial charge on any atom is -0.338 e. The summed E-state index contributed by atoms with van der Waals surface area (Å²) >= 11 is 0. The lowest BCUT2D eigenvalue weighted by Crippen LogP contribution is -2.49. The summed E-state index contributed by atoms with van der Waals surface area (Å²) in [4.78, 5) is 22.2. The van der Waals surface area contributed by atoms with Crippen LogP contribution in [0.3, 0.4) is 0 Å². The molecule has 0 aliphatic carbocycles. The van der Waals surface area contributed by atoms with Crippen LogP contribution in [0, 0.1) is 11.8 Å². The van der Waals surface area contributed by atoms with Gasteiger partial charge in [-0.2, -0.15) is 4.98 Å². The maximum Gasteiger partial charge on any atom is 0.322 e. The summed E-state index contributed by atoms with van der Waals surface area (Å²) in [5, 5.41) is 7.24. The molecule has 32 heavy (non-hydrogen) atoms. The number of hydrogen-bond donors (Lipinski definition) is 1. The Morgan fingerprint density at radius 2 is 1.88 bits per heavy atom. The third kappa shape index (κ3) is 6.09. The van der Waals surface area contributed by atoms with Crippen LogP contribution >= 0.6 is 0 Å². The molecule has 2 aromatic rings. The fourth-order valence-corrected chi connectivity index (χ4v) is 5.08. The highest BCUT2D eigenvalue weighted by Gasteiger charge is 2.34. The highest BCUT2D eigenvalue weighted by Crippen LogP contribution is 2.31. The van der Waals surface area contributed by atoms with E-state index in [-0.39, 0.29) is 6.03 Å². The summed E-state index contributed by atoms with van der Waals surface area (Å²) in [6.07, 6.45) is 7.68. The molecule has 1 aromatic carbocycles. The number of urea groups is 1. The highest BCUT2D eigenvalue weighted by molar-refractivity contribution is 5.89. The molecule has 2 aliphatic rings. The zero-order valence-electron chi connectivity index (χ0n) is 19.5. The van der Waals surface area contributed by atoms with E-state index in [0.29, 0.717) is 17.9 Å². The normalized spacial score (nSPS) is 21.0. The Kier molecular flexibility index (Phi) is 7.79. The first kappa shape index (κ1) is 22.8. The van der Waals surface area contributed by atoms with Crippen molar-refractivity contribution in [3.05, 3.63) is 42.0 Å². The van der Waals surface area contributed by atoms with Crippen LogP contribution in [0.25, 0.3) is 0 Å². The van der Waals surface area contributed by atoms with Gasteiger partial charge in [-0.25, -0.2) is 4.79 Å². The molecule has 2 saturated heterocycles. The second kappa shape index (κ2) is 10.9. The molecule has 0 saturated carbocycles. The van der Waals surface area contributed by atoms with Crippen molar-refractivity contribution in [1.82, 2.24) is 19.9 Å². The standard InChI is InChI=1S/C25H37N5O2/c1-19(2)17-23-27-24(32-28-23)18-29-15-12-20(13-16-29)22-11-7-4-8-14-30(22)25(31)26-21-9-5-3-6-10-21/h3,5-6,9-10,19-20,22H,4,7-8,11-18H2,1-2H3,(H,26,31). The van der Waals surface area contributed by atoms with E-state index in [9.17, 15) is 4.79 Å². The van der Waals surface area contributed by atoms with E-state index in [0.717, 1.165) is 75.7 Å². The molecule has 4 rings (SSSR count). The average molecular weight is 440 g/mol. The molecule has 2 aliphatic heterocycles. The van der Waals surface area contributed by atoms with Crippen LogP contribution in [0.15, 0.2) is 34.9 Å². The third-order valence-electron chi connectivity index (χ3n) is 6.72. The van der Waals surface area contributed by atoms with Crippen molar-refractivity contribution in [3.63, 3.8) is 0 Å². The largest absolute Gasteiger partial charge is 0.338 e. The zero-order chi connectivity index (χ0) is 22.3. The van der Waals surface area contributed by atoms with Crippen LogP contribution in [0.1, 0.15) is 64.1 Å². The van der Waals surface area contributed by atoms with Crippen LogP contribution in [0.4, 0.5) is 10.5 Å². The molecule has 7 nitrogen and oxygen atoms in total. The second-order valence-corrected chi connectivity index (χ2v) is 9.72. The van der Waals surface area contributed by atoms with Gasteiger partial charge in [0.15, 0.2) is 5.82 Å². The van der Waals surface area contributed by atoms with Crippen molar-refractivity contribution in [2.24, 2.45) is 11.8 Å². The minimum absolute atomic E-state index is 0.0501. The van der Waals surface area contributed by atoms with Gasteiger partial charge in [0.2, 0.25) is 5.89 Å². The van der Waals surface area contributed by atoms with Crippen molar-refractivity contribution in [3.8, 4) is 0 Å². The quantitative estimate of drug-likeness (QED) is 0.689. The van der Waals surface area contributed by atoms with Gasteiger partial charge in [-0.15, -0.1) is 0 Å². The molecule has 3 heterocycles. The number of para-hydroxylation sites is 1. The van der Waals surface area contributed by atoms with E-state index in [1.807, 2.05) is 30.3 Å². The summed E-state index contributed by atoms with van der Waals surface area (Å²) in [5.41, 5.74) is 0.867. The Morgan fingerprint density at radius 1 is 1.09 bits per heavy atom. The van der Waals surface area contributed by atoms with Crippen molar-refractivity contribution in [2.45, 2.75) is 71.4 Å². The minimum atomic E-state index is 0.0501. The first-order valence-corrected chi connectivity index (χ1v) is 12.2. The molecule has 1 aromatic heterocycles. The molecule has 0 radical (unpaired) electrons. The first-order valence-electron chi connectivity index (χ1n) is 12.2. The van der Waals surface area contributed by atoms with Gasteiger partial charge in [0.25, 0.3) is 0 Å². The smallest absolute Gasteiger partial charge is 0.322 e. The maximum absolute atomic E-state index is 13.1. The van der Waals surface area contributed by atoms with Crippen LogP contribution in [0.5, 0.6) is 0 Å². The van der Waals surface area contributed by atoms with Crippen molar-refractivity contribution in [2.75, 3.05) is 25.0 Å². The molecule has 1 atom stereocenters. The van der Waals surface area contributed by atoms with Crippen LogP contribution in [-0.4, -0.2) is 51.6 Å². The molecule has 174 valence electrons. The number of aromatic nitrogens is 2. The number of amides is 2. The number of benzene rings is 1. The Hall–Kier alpha value is -2.41. The summed E-state index contributed by atoms with van der Waals surface area (Å²) in [6, 6.07) is 10.2. The molecule has 0 spiro atoms. The number of nitrogens with one attached hydrogen (secondary N) is 1. The molecular formula is C25H37N5O2. The predicted octanol–water partition coefficient (Wildman–Crippen LogP) is 4.96. The molecule has 2 amide bonds. The van der Waals surface area contributed by atoms with E-state index in [4.69, 9.17) is 4.52 Å². The lowest BCUT2D eigenvalue weighted by Gasteiger charge is -2.40. The van der Waals surface area contributed by atoms with Crippen LogP contribution in [0.2, 0.25) is 0 Å². The zero-order valence-corrected chi connectivity index (χ0v) is 19.5. The number of piperidine rings is 1. The number of likely N-dealkylation sites (tertiary alicyclic amines) is 2. The summed E-state index contributed by atoms with van der Waals surface area (Å²) < 4.78 is 5.47. The summed E-state index contributed by atoms with van der Waals surface area (Å²) in [5.74, 6) is 2.60. The SMILES string of the molecule is CC(C)Cc1noc(CN2CCC(C3CCCCCN3C(=O)Nc3ccccc3)CC2)n1. The second-order valence-electron chi connectivity index (χ2n) is 9.72. The summed E-state index contributed by atoms with van der Waals surface area (Å²) in [7, 11) is 0. The monoisotopic (exact) mass is 439 g/mol. The molecule has 7 heteroatoms. The number of carbonyl (C=O) groups excluding carboxylic acids is 1. The number of carbonyl (C=O) groups is 1. The number of hydrogen-bond acceptors (Lipinski definition) is 5. The van der Waals surface area contributed by atoms with Gasteiger partial charge in [-0.3, -0.25) is 4.90 Å².